The maximum absolute atomic E-state index is 12.5. The number of hydrogen-bond donors (Lipinski definition) is 0. The van der Waals surface area contributed by atoms with Crippen LogP contribution < -0.4 is 0 Å². The van der Waals surface area contributed by atoms with E-state index >= 15 is 0 Å². The normalized spacial score (nSPS) is 21.0. The summed E-state index contributed by atoms with van der Waals surface area (Å²) in [6.07, 6.45) is 0.314. The fourth-order valence-electron chi connectivity index (χ4n) is 2.82. The summed E-state index contributed by atoms with van der Waals surface area (Å²) < 4.78 is 0. The quantitative estimate of drug-likeness (QED) is 0.793. The Balaban J connectivity index is 2.03. The number of rotatable bonds is 2. The Morgan fingerprint density at radius 2 is 1.86 bits per heavy atom. The lowest BCUT2D eigenvalue weighted by atomic mass is 9.88. The van der Waals surface area contributed by atoms with Crippen LogP contribution in [0.25, 0.3) is 10.6 Å². The molecule has 1 aromatic heterocycles. The Labute approximate surface area is 128 Å². The van der Waals surface area contributed by atoms with Crippen LogP contribution in [0.4, 0.5) is 0 Å². The van der Waals surface area contributed by atoms with Crippen LogP contribution in [-0.4, -0.2) is 16.6 Å². The third-order valence-corrected chi connectivity index (χ3v) is 5.03. The van der Waals surface area contributed by atoms with Crippen molar-refractivity contribution < 1.29 is 9.59 Å². The number of nitrogens with zero attached hydrogens (tertiary/aromatic N) is 1. The van der Waals surface area contributed by atoms with Crippen LogP contribution in [0, 0.1) is 12.3 Å². The standard InChI is InChI=1S/C17H17NO2S/c1-10-14(13-12(19)9-17(2,3)15(13)20)18-16(21-10)11-7-5-4-6-8-11/h4-8,13H,9H2,1-3H3. The summed E-state index contributed by atoms with van der Waals surface area (Å²) >= 11 is 1.54. The summed E-state index contributed by atoms with van der Waals surface area (Å²) in [7, 11) is 0. The molecule has 0 radical (unpaired) electrons. The zero-order valence-corrected chi connectivity index (χ0v) is 13.2. The minimum absolute atomic E-state index is 0.000474. The van der Waals surface area contributed by atoms with Gasteiger partial charge in [-0.05, 0) is 6.92 Å². The molecule has 1 aliphatic carbocycles. The van der Waals surface area contributed by atoms with Crippen LogP contribution in [0.15, 0.2) is 30.3 Å². The third-order valence-electron chi connectivity index (χ3n) is 3.99. The van der Waals surface area contributed by atoms with Gasteiger partial charge in [0.1, 0.15) is 16.7 Å². The molecule has 1 heterocycles. The number of thiazole rings is 1. The van der Waals surface area contributed by atoms with Crippen molar-refractivity contribution >= 4 is 22.9 Å². The van der Waals surface area contributed by atoms with E-state index in [1.165, 1.54) is 0 Å². The van der Waals surface area contributed by atoms with Gasteiger partial charge in [0.15, 0.2) is 5.78 Å². The van der Waals surface area contributed by atoms with Gasteiger partial charge in [-0.3, -0.25) is 9.59 Å². The highest BCUT2D eigenvalue weighted by atomic mass is 32.1. The van der Waals surface area contributed by atoms with E-state index in [1.807, 2.05) is 51.1 Å². The molecule has 3 rings (SSSR count). The number of carbonyl (C=O) groups is 2. The second-order valence-electron chi connectivity index (χ2n) is 6.15. The lowest BCUT2D eigenvalue weighted by Gasteiger charge is -2.13. The molecular formula is C17H17NO2S. The first-order chi connectivity index (χ1) is 9.90. The first-order valence-corrected chi connectivity index (χ1v) is 7.81. The van der Waals surface area contributed by atoms with Gasteiger partial charge < -0.3 is 0 Å². The van der Waals surface area contributed by atoms with E-state index in [9.17, 15) is 9.59 Å². The molecule has 1 saturated carbocycles. The van der Waals surface area contributed by atoms with Crippen LogP contribution in [0.5, 0.6) is 0 Å². The monoisotopic (exact) mass is 299 g/mol. The smallest absolute Gasteiger partial charge is 0.155 e. The lowest BCUT2D eigenvalue weighted by molar-refractivity contribution is -0.126. The number of ketones is 2. The predicted molar refractivity (Wildman–Crippen MR) is 83.4 cm³/mol. The molecule has 1 aromatic carbocycles. The highest BCUT2D eigenvalue weighted by molar-refractivity contribution is 7.15. The number of aromatic nitrogens is 1. The van der Waals surface area contributed by atoms with Crippen LogP contribution in [0.1, 0.15) is 36.8 Å². The van der Waals surface area contributed by atoms with Crippen LogP contribution >= 0.6 is 11.3 Å². The van der Waals surface area contributed by atoms with E-state index in [4.69, 9.17) is 0 Å². The van der Waals surface area contributed by atoms with Gasteiger partial charge in [-0.1, -0.05) is 44.2 Å². The van der Waals surface area contributed by atoms with Crippen LogP contribution in [-0.2, 0) is 9.59 Å². The molecule has 1 atom stereocenters. The highest BCUT2D eigenvalue weighted by Gasteiger charge is 2.48. The Morgan fingerprint density at radius 1 is 1.19 bits per heavy atom. The van der Waals surface area contributed by atoms with Gasteiger partial charge in [-0.15, -0.1) is 11.3 Å². The van der Waals surface area contributed by atoms with E-state index in [0.717, 1.165) is 15.4 Å². The van der Waals surface area contributed by atoms with Crippen molar-refractivity contribution in [2.24, 2.45) is 5.41 Å². The number of Topliss-reactive ketones (excluding diaryl/α,β-unsaturated/α-hetero) is 2. The molecule has 2 aromatic rings. The van der Waals surface area contributed by atoms with Crippen molar-refractivity contribution in [3.8, 4) is 10.6 Å². The number of benzene rings is 1. The third kappa shape index (κ3) is 2.33. The Kier molecular flexibility index (Phi) is 3.29. The zero-order chi connectivity index (χ0) is 15.2. The van der Waals surface area contributed by atoms with Crippen molar-refractivity contribution in [2.45, 2.75) is 33.1 Å². The summed E-state index contributed by atoms with van der Waals surface area (Å²) in [4.78, 5) is 30.3. The molecule has 1 fully saturated rings. The molecule has 0 saturated heterocycles. The average Bonchev–Trinajstić information content (AvgIpc) is 2.90. The van der Waals surface area contributed by atoms with E-state index in [2.05, 4.69) is 4.98 Å². The van der Waals surface area contributed by atoms with Crippen molar-refractivity contribution in [2.75, 3.05) is 0 Å². The fraction of sp³-hybridized carbons (Fsp3) is 0.353. The molecule has 0 N–H and O–H groups in total. The van der Waals surface area contributed by atoms with Gasteiger partial charge in [0.2, 0.25) is 0 Å². The minimum atomic E-state index is -0.672. The summed E-state index contributed by atoms with van der Waals surface area (Å²) in [5.74, 6) is -0.674. The molecule has 3 nitrogen and oxygen atoms in total. The summed E-state index contributed by atoms with van der Waals surface area (Å²) in [5.41, 5.74) is 1.11. The first kappa shape index (κ1) is 14.1. The SMILES string of the molecule is Cc1sc(-c2ccccc2)nc1C1C(=O)CC(C)(C)C1=O. The van der Waals surface area contributed by atoms with Crippen LogP contribution in [0.2, 0.25) is 0 Å². The van der Waals surface area contributed by atoms with Gasteiger partial charge in [0.05, 0.1) is 5.69 Å². The van der Waals surface area contributed by atoms with E-state index in [-0.39, 0.29) is 11.6 Å². The van der Waals surface area contributed by atoms with Crippen molar-refractivity contribution in [3.63, 3.8) is 0 Å². The fourth-order valence-corrected chi connectivity index (χ4v) is 3.77. The topological polar surface area (TPSA) is 47.0 Å². The number of carbonyl (C=O) groups excluding carboxylic acids is 2. The average molecular weight is 299 g/mol. The molecule has 0 spiro atoms. The maximum atomic E-state index is 12.5. The van der Waals surface area contributed by atoms with Gasteiger partial charge in [-0.25, -0.2) is 4.98 Å². The van der Waals surface area contributed by atoms with E-state index in [1.54, 1.807) is 11.3 Å². The van der Waals surface area contributed by atoms with E-state index in [0.29, 0.717) is 12.1 Å². The van der Waals surface area contributed by atoms with Crippen molar-refractivity contribution in [1.29, 1.82) is 0 Å². The zero-order valence-electron chi connectivity index (χ0n) is 12.3. The Bertz CT molecular complexity index is 716. The molecule has 0 bridgehead atoms. The summed E-state index contributed by atoms with van der Waals surface area (Å²) in [6, 6.07) is 9.85. The van der Waals surface area contributed by atoms with Gasteiger partial charge >= 0.3 is 0 Å². The van der Waals surface area contributed by atoms with Crippen LogP contribution in [0.3, 0.4) is 0 Å². The molecule has 1 unspecified atom stereocenters. The molecule has 21 heavy (non-hydrogen) atoms. The largest absolute Gasteiger partial charge is 0.298 e. The molecule has 1 aliphatic rings. The number of hydrogen-bond acceptors (Lipinski definition) is 4. The first-order valence-electron chi connectivity index (χ1n) is 7.00. The van der Waals surface area contributed by atoms with Gasteiger partial charge in [0, 0.05) is 22.3 Å². The second kappa shape index (κ2) is 4.88. The van der Waals surface area contributed by atoms with Gasteiger partial charge in [0.25, 0.3) is 0 Å². The van der Waals surface area contributed by atoms with Gasteiger partial charge in [-0.2, -0.15) is 0 Å². The molecule has 0 amide bonds. The summed E-state index contributed by atoms with van der Waals surface area (Å²) in [5, 5.41) is 0.869. The Hall–Kier alpha value is -1.81. The lowest BCUT2D eigenvalue weighted by Crippen LogP contribution is -2.21. The predicted octanol–water partition coefficient (Wildman–Crippen LogP) is 3.77. The molecule has 4 heteroatoms. The number of aryl methyl sites for hydroxylation is 1. The summed E-state index contributed by atoms with van der Waals surface area (Å²) in [6.45, 7) is 5.62. The molecular weight excluding hydrogens is 282 g/mol. The highest BCUT2D eigenvalue weighted by Crippen LogP contribution is 2.42. The maximum Gasteiger partial charge on any atom is 0.155 e. The second-order valence-corrected chi connectivity index (χ2v) is 7.35. The molecule has 0 aliphatic heterocycles. The van der Waals surface area contributed by atoms with Crippen molar-refractivity contribution in [3.05, 3.63) is 40.9 Å². The van der Waals surface area contributed by atoms with E-state index < -0.39 is 11.3 Å². The Morgan fingerprint density at radius 3 is 2.43 bits per heavy atom. The molecule has 108 valence electrons. The minimum Gasteiger partial charge on any atom is -0.298 e. The van der Waals surface area contributed by atoms with Crippen molar-refractivity contribution in [1.82, 2.24) is 4.98 Å².